The van der Waals surface area contributed by atoms with Crippen LogP contribution in [0.15, 0.2) is 48.1 Å². The molecular formula is C19H16FN5OS. The number of rotatable bonds is 6. The molecule has 4 aromatic rings. The normalized spacial score (nSPS) is 11.0. The van der Waals surface area contributed by atoms with Crippen molar-refractivity contribution in [1.29, 1.82) is 0 Å². The summed E-state index contributed by atoms with van der Waals surface area (Å²) in [5.41, 5.74) is 2.15. The number of hydrogen-bond acceptors (Lipinski definition) is 5. The Morgan fingerprint density at radius 2 is 2.11 bits per heavy atom. The molecule has 27 heavy (non-hydrogen) atoms. The molecule has 1 amide bonds. The van der Waals surface area contributed by atoms with E-state index in [9.17, 15) is 9.18 Å². The van der Waals surface area contributed by atoms with Gasteiger partial charge in [0.2, 0.25) is 5.95 Å². The lowest BCUT2D eigenvalue weighted by Crippen LogP contribution is -2.25. The molecule has 4 rings (SSSR count). The Morgan fingerprint density at radius 1 is 1.19 bits per heavy atom. The summed E-state index contributed by atoms with van der Waals surface area (Å²) in [6.07, 6.45) is 4.12. The highest BCUT2D eigenvalue weighted by molar-refractivity contribution is 7.13. The zero-order valence-corrected chi connectivity index (χ0v) is 15.1. The van der Waals surface area contributed by atoms with E-state index < -0.39 is 5.95 Å². The van der Waals surface area contributed by atoms with Crippen LogP contribution in [0.2, 0.25) is 0 Å². The number of aryl methyl sites for hydroxylation is 1. The van der Waals surface area contributed by atoms with Gasteiger partial charge in [0.1, 0.15) is 0 Å². The summed E-state index contributed by atoms with van der Waals surface area (Å²) in [6, 6.07) is 8.97. The number of carbonyl (C=O) groups excluding carboxylic acids is 1. The summed E-state index contributed by atoms with van der Waals surface area (Å²) in [4.78, 5) is 29.1. The SMILES string of the molecule is O=C(NCCCc1cccnc1F)c1ccnc2nc(-c3cccs3)[nH]c12. The Bertz CT molecular complexity index is 1080. The topological polar surface area (TPSA) is 83.6 Å². The van der Waals surface area contributed by atoms with Crippen LogP contribution in [0, 0.1) is 5.95 Å². The molecule has 0 bridgehead atoms. The second-order valence-electron chi connectivity index (χ2n) is 5.93. The van der Waals surface area contributed by atoms with Crippen LogP contribution in [0.3, 0.4) is 0 Å². The minimum absolute atomic E-state index is 0.213. The van der Waals surface area contributed by atoms with E-state index in [1.165, 1.54) is 6.20 Å². The number of pyridine rings is 2. The molecule has 4 aromatic heterocycles. The summed E-state index contributed by atoms with van der Waals surface area (Å²) in [6.45, 7) is 0.433. The highest BCUT2D eigenvalue weighted by Gasteiger charge is 2.15. The first-order valence-corrected chi connectivity index (χ1v) is 9.36. The Kier molecular flexibility index (Phi) is 4.88. The Balaban J connectivity index is 1.44. The summed E-state index contributed by atoms with van der Waals surface area (Å²) in [7, 11) is 0. The largest absolute Gasteiger partial charge is 0.352 e. The molecule has 4 heterocycles. The molecule has 0 fully saturated rings. The highest BCUT2D eigenvalue weighted by Crippen LogP contribution is 2.25. The number of nitrogens with one attached hydrogen (secondary N) is 2. The maximum atomic E-state index is 13.5. The zero-order valence-electron chi connectivity index (χ0n) is 14.3. The number of carbonyl (C=O) groups is 1. The average molecular weight is 381 g/mol. The minimum Gasteiger partial charge on any atom is -0.352 e. The smallest absolute Gasteiger partial charge is 0.253 e. The van der Waals surface area contributed by atoms with Crippen LogP contribution in [-0.2, 0) is 6.42 Å². The first-order chi connectivity index (χ1) is 13.2. The van der Waals surface area contributed by atoms with Gasteiger partial charge in [-0.1, -0.05) is 12.1 Å². The molecular weight excluding hydrogens is 365 g/mol. The van der Waals surface area contributed by atoms with E-state index in [1.54, 1.807) is 35.7 Å². The van der Waals surface area contributed by atoms with Gasteiger partial charge in [-0.25, -0.2) is 15.0 Å². The van der Waals surface area contributed by atoms with Gasteiger partial charge in [0.05, 0.1) is 16.0 Å². The van der Waals surface area contributed by atoms with Gasteiger partial charge in [-0.05, 0) is 36.4 Å². The fourth-order valence-corrected chi connectivity index (χ4v) is 3.48. The monoisotopic (exact) mass is 381 g/mol. The third kappa shape index (κ3) is 3.70. The first-order valence-electron chi connectivity index (χ1n) is 8.48. The molecule has 0 aliphatic rings. The van der Waals surface area contributed by atoms with E-state index in [1.807, 2.05) is 17.5 Å². The quantitative estimate of drug-likeness (QED) is 0.395. The number of nitrogens with zero attached hydrogens (tertiary/aromatic N) is 3. The predicted molar refractivity (Wildman–Crippen MR) is 102 cm³/mol. The van der Waals surface area contributed by atoms with Crippen molar-refractivity contribution in [3.05, 3.63) is 65.2 Å². The van der Waals surface area contributed by atoms with Crippen molar-refractivity contribution in [2.75, 3.05) is 6.54 Å². The fraction of sp³-hybridized carbons (Fsp3) is 0.158. The van der Waals surface area contributed by atoms with Gasteiger partial charge in [0, 0.05) is 24.5 Å². The first kappa shape index (κ1) is 17.3. The fourth-order valence-electron chi connectivity index (χ4n) is 2.81. The Hall–Kier alpha value is -3.13. The van der Waals surface area contributed by atoms with Crippen LogP contribution >= 0.6 is 11.3 Å². The number of H-pyrrole nitrogens is 1. The standard InChI is InChI=1S/C19H16FN5OS/c20-16-12(4-1-8-21-16)5-2-9-23-19(26)13-7-10-22-18-15(13)24-17(25-18)14-6-3-11-27-14/h1,3-4,6-8,10-11H,2,5,9H2,(H,23,26)(H,22,24,25). The van der Waals surface area contributed by atoms with Gasteiger partial charge >= 0.3 is 0 Å². The number of amides is 1. The molecule has 0 atom stereocenters. The molecule has 0 unspecified atom stereocenters. The number of fused-ring (bicyclic) bond motifs is 1. The molecule has 0 aliphatic carbocycles. The van der Waals surface area contributed by atoms with Crippen molar-refractivity contribution in [3.8, 4) is 10.7 Å². The molecule has 0 saturated carbocycles. The molecule has 0 aliphatic heterocycles. The number of thiophene rings is 1. The van der Waals surface area contributed by atoms with Gasteiger partial charge < -0.3 is 10.3 Å². The predicted octanol–water partition coefficient (Wildman–Crippen LogP) is 3.58. The number of halogens is 1. The van der Waals surface area contributed by atoms with Crippen LogP contribution in [0.1, 0.15) is 22.3 Å². The van der Waals surface area contributed by atoms with Crippen LogP contribution in [0.4, 0.5) is 4.39 Å². The van der Waals surface area contributed by atoms with Gasteiger partial charge in [-0.3, -0.25) is 4.79 Å². The third-order valence-corrected chi connectivity index (χ3v) is 5.01. The van der Waals surface area contributed by atoms with Crippen molar-refractivity contribution in [3.63, 3.8) is 0 Å². The van der Waals surface area contributed by atoms with Gasteiger partial charge in [-0.15, -0.1) is 11.3 Å². The van der Waals surface area contributed by atoms with Crippen LogP contribution in [0.25, 0.3) is 21.9 Å². The molecule has 0 aromatic carbocycles. The van der Waals surface area contributed by atoms with Crippen LogP contribution in [0.5, 0.6) is 0 Å². The summed E-state index contributed by atoms with van der Waals surface area (Å²) >= 11 is 1.56. The Morgan fingerprint density at radius 3 is 2.93 bits per heavy atom. The number of imidazole rings is 1. The van der Waals surface area contributed by atoms with Crippen molar-refractivity contribution >= 4 is 28.4 Å². The van der Waals surface area contributed by atoms with E-state index in [4.69, 9.17) is 0 Å². The van der Waals surface area contributed by atoms with E-state index in [2.05, 4.69) is 25.3 Å². The van der Waals surface area contributed by atoms with Crippen molar-refractivity contribution in [2.45, 2.75) is 12.8 Å². The van der Waals surface area contributed by atoms with Crippen molar-refractivity contribution in [1.82, 2.24) is 25.3 Å². The van der Waals surface area contributed by atoms with Crippen molar-refractivity contribution < 1.29 is 9.18 Å². The number of aromatic amines is 1. The van der Waals surface area contributed by atoms with E-state index >= 15 is 0 Å². The maximum absolute atomic E-state index is 13.5. The summed E-state index contributed by atoms with van der Waals surface area (Å²) in [5.74, 6) is 0.0217. The zero-order chi connectivity index (χ0) is 18.6. The minimum atomic E-state index is -0.460. The molecule has 0 radical (unpaired) electrons. The Labute approximate surface area is 158 Å². The molecule has 0 spiro atoms. The van der Waals surface area contributed by atoms with Gasteiger partial charge in [0.15, 0.2) is 11.5 Å². The van der Waals surface area contributed by atoms with Crippen molar-refractivity contribution in [2.24, 2.45) is 0 Å². The maximum Gasteiger partial charge on any atom is 0.253 e. The number of aromatic nitrogens is 4. The van der Waals surface area contributed by atoms with E-state index in [-0.39, 0.29) is 5.91 Å². The summed E-state index contributed by atoms with van der Waals surface area (Å²) < 4.78 is 13.5. The lowest BCUT2D eigenvalue weighted by Gasteiger charge is -2.06. The van der Waals surface area contributed by atoms with Gasteiger partial charge in [0.25, 0.3) is 5.91 Å². The second-order valence-corrected chi connectivity index (χ2v) is 6.88. The molecule has 6 nitrogen and oxygen atoms in total. The lowest BCUT2D eigenvalue weighted by atomic mass is 10.1. The third-order valence-electron chi connectivity index (χ3n) is 4.14. The highest BCUT2D eigenvalue weighted by atomic mass is 32.1. The second kappa shape index (κ2) is 7.63. The molecule has 136 valence electrons. The molecule has 0 saturated heterocycles. The molecule has 8 heteroatoms. The van der Waals surface area contributed by atoms with Crippen LogP contribution < -0.4 is 5.32 Å². The average Bonchev–Trinajstić information content (AvgIpc) is 3.35. The lowest BCUT2D eigenvalue weighted by molar-refractivity contribution is 0.0954. The van der Waals surface area contributed by atoms with Crippen LogP contribution in [-0.4, -0.2) is 32.4 Å². The molecule has 2 N–H and O–H groups in total. The van der Waals surface area contributed by atoms with Gasteiger partial charge in [-0.2, -0.15) is 4.39 Å². The summed E-state index contributed by atoms with van der Waals surface area (Å²) in [5, 5.41) is 4.84. The van der Waals surface area contributed by atoms with E-state index in [0.29, 0.717) is 47.5 Å². The number of hydrogen-bond donors (Lipinski definition) is 2. The van der Waals surface area contributed by atoms with E-state index in [0.717, 1.165) is 4.88 Å².